The maximum absolute atomic E-state index is 12.8. The monoisotopic (exact) mass is 391 g/mol. The van der Waals surface area contributed by atoms with Crippen molar-refractivity contribution in [3.05, 3.63) is 51.4 Å². The molecule has 1 aromatic carbocycles. The molecule has 0 spiro atoms. The second kappa shape index (κ2) is 7.07. The molecule has 0 radical (unpaired) electrons. The van der Waals surface area contributed by atoms with E-state index in [0.29, 0.717) is 10.2 Å². The van der Waals surface area contributed by atoms with E-state index in [-0.39, 0.29) is 23.5 Å². The molecule has 1 amide bonds. The van der Waals surface area contributed by atoms with Crippen molar-refractivity contribution in [1.29, 1.82) is 0 Å². The molecule has 1 N–H and O–H groups in total. The summed E-state index contributed by atoms with van der Waals surface area (Å²) in [6.07, 6.45) is 4.17. The SMILES string of the molecule is O=C(Cn1cnc2sc3c(c2c1=O)CCC3)Nc1ccccc1OC(F)F. The number of ether oxygens (including phenoxy) is 1. The Balaban J connectivity index is 1.57. The molecule has 140 valence electrons. The number of benzene rings is 1. The lowest BCUT2D eigenvalue weighted by molar-refractivity contribution is -0.116. The van der Waals surface area contributed by atoms with E-state index in [0.717, 1.165) is 24.8 Å². The Kier molecular flexibility index (Phi) is 4.61. The van der Waals surface area contributed by atoms with Gasteiger partial charge in [0.1, 0.15) is 17.1 Å². The average Bonchev–Trinajstić information content (AvgIpc) is 3.19. The molecule has 6 nitrogen and oxygen atoms in total. The Hall–Kier alpha value is -2.81. The summed E-state index contributed by atoms with van der Waals surface area (Å²) in [6, 6.07) is 5.89. The molecule has 0 bridgehead atoms. The molecule has 27 heavy (non-hydrogen) atoms. The van der Waals surface area contributed by atoms with Crippen molar-refractivity contribution in [2.45, 2.75) is 32.4 Å². The van der Waals surface area contributed by atoms with Crippen molar-refractivity contribution in [2.75, 3.05) is 5.32 Å². The molecule has 0 unspecified atom stereocenters. The van der Waals surface area contributed by atoms with Gasteiger partial charge in [-0.3, -0.25) is 14.2 Å². The van der Waals surface area contributed by atoms with Gasteiger partial charge in [-0.2, -0.15) is 8.78 Å². The first-order valence-corrected chi connectivity index (χ1v) is 9.18. The predicted octanol–water partition coefficient (Wildman–Crippen LogP) is 3.19. The van der Waals surface area contributed by atoms with Crippen LogP contribution in [0.15, 0.2) is 35.4 Å². The molecular formula is C18H15F2N3O3S. The van der Waals surface area contributed by atoms with Gasteiger partial charge >= 0.3 is 6.61 Å². The van der Waals surface area contributed by atoms with Crippen LogP contribution in [0.5, 0.6) is 5.75 Å². The number of aromatic nitrogens is 2. The third-order valence-corrected chi connectivity index (χ3v) is 5.58. The second-order valence-electron chi connectivity index (χ2n) is 6.14. The van der Waals surface area contributed by atoms with E-state index in [9.17, 15) is 18.4 Å². The first-order valence-electron chi connectivity index (χ1n) is 8.36. The van der Waals surface area contributed by atoms with Crippen molar-refractivity contribution in [3.63, 3.8) is 0 Å². The number of fused-ring (bicyclic) bond motifs is 3. The second-order valence-corrected chi connectivity index (χ2v) is 7.22. The molecule has 9 heteroatoms. The highest BCUT2D eigenvalue weighted by molar-refractivity contribution is 7.18. The summed E-state index contributed by atoms with van der Waals surface area (Å²) in [5, 5.41) is 3.09. The smallest absolute Gasteiger partial charge is 0.387 e. The third kappa shape index (κ3) is 3.42. The highest BCUT2D eigenvalue weighted by Crippen LogP contribution is 2.34. The van der Waals surface area contributed by atoms with Crippen LogP contribution in [0, 0.1) is 0 Å². The zero-order valence-corrected chi connectivity index (χ0v) is 14.9. The Morgan fingerprint density at radius 1 is 1.33 bits per heavy atom. The highest BCUT2D eigenvalue weighted by Gasteiger charge is 2.22. The summed E-state index contributed by atoms with van der Waals surface area (Å²) < 4.78 is 30.6. The number of thiophene rings is 1. The summed E-state index contributed by atoms with van der Waals surface area (Å²) in [4.78, 5) is 31.3. The van der Waals surface area contributed by atoms with Gasteiger partial charge in [0, 0.05) is 4.88 Å². The zero-order chi connectivity index (χ0) is 19.0. The van der Waals surface area contributed by atoms with E-state index in [4.69, 9.17) is 0 Å². The van der Waals surface area contributed by atoms with E-state index in [1.54, 1.807) is 6.07 Å². The molecule has 3 aromatic rings. The summed E-state index contributed by atoms with van der Waals surface area (Å²) in [7, 11) is 0. The number of rotatable bonds is 5. The van der Waals surface area contributed by atoms with Gasteiger partial charge in [0.25, 0.3) is 5.56 Å². The molecule has 0 aliphatic heterocycles. The van der Waals surface area contributed by atoms with E-state index in [1.165, 1.54) is 45.3 Å². The number of anilines is 1. The van der Waals surface area contributed by atoms with Crippen molar-refractivity contribution >= 4 is 33.1 Å². The minimum atomic E-state index is -3.00. The normalized spacial score (nSPS) is 13.1. The van der Waals surface area contributed by atoms with Gasteiger partial charge in [-0.25, -0.2) is 4.98 Å². The lowest BCUT2D eigenvalue weighted by Gasteiger charge is -2.12. The lowest BCUT2D eigenvalue weighted by Crippen LogP contribution is -2.28. The van der Waals surface area contributed by atoms with E-state index >= 15 is 0 Å². The topological polar surface area (TPSA) is 73.2 Å². The molecule has 2 aromatic heterocycles. The molecule has 0 saturated heterocycles. The predicted molar refractivity (Wildman–Crippen MR) is 97.6 cm³/mol. The number of nitrogens with one attached hydrogen (secondary N) is 1. The Bertz CT molecular complexity index is 1080. The summed E-state index contributed by atoms with van der Waals surface area (Å²) in [5.41, 5.74) is 0.894. The number of carbonyl (C=O) groups excluding carboxylic acids is 1. The molecule has 0 fully saturated rings. The van der Waals surface area contributed by atoms with Gasteiger partial charge in [0.2, 0.25) is 5.91 Å². The van der Waals surface area contributed by atoms with Gasteiger partial charge in [-0.05, 0) is 37.0 Å². The maximum atomic E-state index is 12.8. The molecular weight excluding hydrogens is 376 g/mol. The van der Waals surface area contributed by atoms with Crippen molar-refractivity contribution in [2.24, 2.45) is 0 Å². The summed E-state index contributed by atoms with van der Waals surface area (Å²) in [5.74, 6) is -0.673. The number of nitrogens with zero attached hydrogens (tertiary/aromatic N) is 2. The summed E-state index contributed by atoms with van der Waals surface area (Å²) in [6.45, 7) is -3.27. The van der Waals surface area contributed by atoms with Crippen LogP contribution < -0.4 is 15.6 Å². The van der Waals surface area contributed by atoms with Crippen molar-refractivity contribution < 1.29 is 18.3 Å². The largest absolute Gasteiger partial charge is 0.433 e. The van der Waals surface area contributed by atoms with Gasteiger partial charge in [-0.15, -0.1) is 11.3 Å². The van der Waals surface area contributed by atoms with Gasteiger partial charge in [0.05, 0.1) is 17.4 Å². The van der Waals surface area contributed by atoms with Crippen LogP contribution in [0.4, 0.5) is 14.5 Å². The molecule has 4 rings (SSSR count). The van der Waals surface area contributed by atoms with Crippen LogP contribution in [0.1, 0.15) is 16.9 Å². The van der Waals surface area contributed by atoms with Crippen LogP contribution >= 0.6 is 11.3 Å². The van der Waals surface area contributed by atoms with Gasteiger partial charge in [-0.1, -0.05) is 12.1 Å². The number of aryl methyl sites for hydroxylation is 2. The molecule has 0 saturated carbocycles. The minimum Gasteiger partial charge on any atom is -0.433 e. The molecule has 2 heterocycles. The number of alkyl halides is 2. The zero-order valence-electron chi connectivity index (χ0n) is 14.1. The number of hydrogen-bond acceptors (Lipinski definition) is 5. The van der Waals surface area contributed by atoms with Gasteiger partial charge in [0.15, 0.2) is 0 Å². The van der Waals surface area contributed by atoms with Crippen LogP contribution in [0.25, 0.3) is 10.2 Å². The quantitative estimate of drug-likeness (QED) is 0.725. The molecule has 1 aliphatic rings. The van der Waals surface area contributed by atoms with Crippen LogP contribution in [-0.2, 0) is 24.2 Å². The lowest BCUT2D eigenvalue weighted by atomic mass is 10.2. The van der Waals surface area contributed by atoms with Crippen LogP contribution in [0.2, 0.25) is 0 Å². The first-order chi connectivity index (χ1) is 13.0. The highest BCUT2D eigenvalue weighted by atomic mass is 32.1. The fourth-order valence-electron chi connectivity index (χ4n) is 3.25. The minimum absolute atomic E-state index is 0.112. The number of hydrogen-bond donors (Lipinski definition) is 1. The van der Waals surface area contributed by atoms with Crippen molar-refractivity contribution in [3.8, 4) is 5.75 Å². The van der Waals surface area contributed by atoms with Crippen LogP contribution in [0.3, 0.4) is 0 Å². The van der Waals surface area contributed by atoms with Crippen LogP contribution in [-0.4, -0.2) is 22.1 Å². The third-order valence-electron chi connectivity index (χ3n) is 4.38. The first kappa shape index (κ1) is 17.6. The Morgan fingerprint density at radius 3 is 2.96 bits per heavy atom. The number of carbonyl (C=O) groups is 1. The Morgan fingerprint density at radius 2 is 2.15 bits per heavy atom. The van der Waals surface area contributed by atoms with E-state index < -0.39 is 12.5 Å². The molecule has 0 atom stereocenters. The number of para-hydroxylation sites is 2. The van der Waals surface area contributed by atoms with E-state index in [2.05, 4.69) is 15.0 Å². The standard InChI is InChI=1S/C18H15F2N3O3S/c19-18(20)26-12-6-2-1-5-11(12)22-14(24)8-23-9-21-16-15(17(23)25)10-4-3-7-13(10)27-16/h1-2,5-6,9,18H,3-4,7-8H2,(H,22,24). The maximum Gasteiger partial charge on any atom is 0.387 e. The Labute approximate surface area is 156 Å². The van der Waals surface area contributed by atoms with Crippen molar-refractivity contribution in [1.82, 2.24) is 9.55 Å². The number of amides is 1. The van der Waals surface area contributed by atoms with Gasteiger partial charge < -0.3 is 10.1 Å². The fraction of sp³-hybridized carbons (Fsp3) is 0.278. The summed E-state index contributed by atoms with van der Waals surface area (Å²) >= 11 is 1.53. The number of halogens is 2. The molecule has 1 aliphatic carbocycles. The van der Waals surface area contributed by atoms with E-state index in [1.807, 2.05) is 0 Å². The fourth-order valence-corrected chi connectivity index (χ4v) is 4.46. The average molecular weight is 391 g/mol.